The molecule has 0 unspecified atom stereocenters. The Morgan fingerprint density at radius 2 is 1.28 bits per heavy atom. The molecule has 1 aliphatic heterocycles. The van der Waals surface area contributed by atoms with E-state index in [0.717, 1.165) is 55.0 Å². The first-order valence-corrected chi connectivity index (χ1v) is 12.4. The number of aromatic nitrogens is 6. The van der Waals surface area contributed by atoms with Crippen molar-refractivity contribution >= 4 is 0 Å². The van der Waals surface area contributed by atoms with Gasteiger partial charge in [-0.2, -0.15) is 0 Å². The van der Waals surface area contributed by atoms with E-state index in [1.165, 1.54) is 5.56 Å². The van der Waals surface area contributed by atoms with Crippen molar-refractivity contribution in [2.45, 2.75) is 25.4 Å². The Balaban J connectivity index is 1.22. The van der Waals surface area contributed by atoms with E-state index < -0.39 is 0 Å². The first kappa shape index (κ1) is 22.2. The molecule has 0 bridgehead atoms. The Hall–Kier alpha value is -4.23. The van der Waals surface area contributed by atoms with Crippen LogP contribution in [-0.4, -0.2) is 48.2 Å². The number of benzene rings is 3. The maximum atomic E-state index is 4.91. The second-order valence-corrected chi connectivity index (χ2v) is 9.14. The molecule has 1 fully saturated rings. The summed E-state index contributed by atoms with van der Waals surface area (Å²) in [7, 11) is 0. The molecule has 1 saturated heterocycles. The third-order valence-electron chi connectivity index (χ3n) is 6.70. The van der Waals surface area contributed by atoms with E-state index in [0.29, 0.717) is 17.6 Å². The molecule has 7 nitrogen and oxygen atoms in total. The van der Waals surface area contributed by atoms with Crippen molar-refractivity contribution in [3.63, 3.8) is 0 Å². The minimum absolute atomic E-state index is 0.323. The molecular formula is C29H27N7. The third kappa shape index (κ3) is 4.78. The molecular weight excluding hydrogens is 446 g/mol. The Kier molecular flexibility index (Phi) is 6.29. The topological polar surface area (TPSA) is 72.6 Å². The second-order valence-electron chi connectivity index (χ2n) is 9.14. The summed E-state index contributed by atoms with van der Waals surface area (Å²) in [5, 5.41) is 17.9. The van der Waals surface area contributed by atoms with Gasteiger partial charge in [0.05, 0.1) is 12.2 Å². The SMILES string of the molecule is c1ccc(CN2CCC(n3cc(-c4nnc(-c5ccccc5)c(-c5ccccc5)n4)nn3)CC2)cc1. The van der Waals surface area contributed by atoms with Crippen LogP contribution in [-0.2, 0) is 6.54 Å². The van der Waals surface area contributed by atoms with Crippen LogP contribution in [0.1, 0.15) is 24.4 Å². The molecule has 0 amide bonds. The van der Waals surface area contributed by atoms with Crippen LogP contribution in [0.5, 0.6) is 0 Å². The van der Waals surface area contributed by atoms with Gasteiger partial charge in [0.2, 0.25) is 5.82 Å². The molecule has 178 valence electrons. The number of likely N-dealkylation sites (tertiary alicyclic amines) is 1. The van der Waals surface area contributed by atoms with Gasteiger partial charge in [-0.05, 0) is 18.4 Å². The second kappa shape index (κ2) is 10.2. The summed E-state index contributed by atoms with van der Waals surface area (Å²) in [6.07, 6.45) is 4.04. The minimum atomic E-state index is 0.323. The highest BCUT2D eigenvalue weighted by Gasteiger charge is 2.23. The van der Waals surface area contributed by atoms with Gasteiger partial charge in [0.25, 0.3) is 0 Å². The lowest BCUT2D eigenvalue weighted by Crippen LogP contribution is -2.34. The van der Waals surface area contributed by atoms with Crippen LogP contribution in [0.4, 0.5) is 0 Å². The van der Waals surface area contributed by atoms with Gasteiger partial charge in [0, 0.05) is 30.8 Å². The van der Waals surface area contributed by atoms with Crippen molar-refractivity contribution < 1.29 is 0 Å². The number of hydrogen-bond acceptors (Lipinski definition) is 6. The minimum Gasteiger partial charge on any atom is -0.299 e. The predicted molar refractivity (Wildman–Crippen MR) is 140 cm³/mol. The fourth-order valence-corrected chi connectivity index (χ4v) is 4.76. The standard InChI is InChI=1S/C29H27N7/c1-4-10-22(11-5-1)20-35-18-16-25(17-19-35)36-21-26(31-34-36)29-30-27(23-12-6-2-7-13-23)28(32-33-29)24-14-8-3-9-15-24/h1-15,21,25H,16-20H2. The van der Waals surface area contributed by atoms with E-state index in [4.69, 9.17) is 4.98 Å². The molecule has 36 heavy (non-hydrogen) atoms. The van der Waals surface area contributed by atoms with Crippen molar-refractivity contribution in [1.82, 2.24) is 35.1 Å². The first-order chi connectivity index (χ1) is 17.8. The van der Waals surface area contributed by atoms with E-state index in [2.05, 4.69) is 55.7 Å². The fraction of sp³-hybridized carbons (Fsp3) is 0.207. The zero-order valence-corrected chi connectivity index (χ0v) is 20.0. The average Bonchev–Trinajstić information content (AvgIpc) is 3.45. The van der Waals surface area contributed by atoms with E-state index in [9.17, 15) is 0 Å². The van der Waals surface area contributed by atoms with E-state index in [1.54, 1.807) is 0 Å². The molecule has 3 heterocycles. The zero-order valence-electron chi connectivity index (χ0n) is 20.0. The number of nitrogens with zero attached hydrogens (tertiary/aromatic N) is 7. The van der Waals surface area contributed by atoms with Crippen LogP contribution in [0.2, 0.25) is 0 Å². The molecule has 0 spiro atoms. The van der Waals surface area contributed by atoms with Gasteiger partial charge in [-0.3, -0.25) is 4.90 Å². The lowest BCUT2D eigenvalue weighted by atomic mass is 10.0. The molecule has 5 aromatic rings. The summed E-state index contributed by atoms with van der Waals surface area (Å²) in [6.45, 7) is 3.07. The Morgan fingerprint density at radius 1 is 0.667 bits per heavy atom. The van der Waals surface area contributed by atoms with E-state index in [-0.39, 0.29) is 0 Å². The van der Waals surface area contributed by atoms with Crippen LogP contribution < -0.4 is 0 Å². The largest absolute Gasteiger partial charge is 0.299 e. The smallest absolute Gasteiger partial charge is 0.204 e. The van der Waals surface area contributed by atoms with Crippen LogP contribution >= 0.6 is 0 Å². The van der Waals surface area contributed by atoms with Gasteiger partial charge in [0.1, 0.15) is 11.4 Å². The number of rotatable bonds is 6. The van der Waals surface area contributed by atoms with Crippen molar-refractivity contribution in [3.05, 3.63) is 103 Å². The van der Waals surface area contributed by atoms with Crippen molar-refractivity contribution in [3.8, 4) is 34.0 Å². The Labute approximate surface area is 210 Å². The maximum absolute atomic E-state index is 4.91. The molecule has 2 aromatic heterocycles. The van der Waals surface area contributed by atoms with Crippen LogP contribution in [0, 0.1) is 0 Å². The molecule has 0 radical (unpaired) electrons. The summed E-state index contributed by atoms with van der Waals surface area (Å²) >= 11 is 0. The maximum Gasteiger partial charge on any atom is 0.204 e. The normalized spacial score (nSPS) is 14.7. The fourth-order valence-electron chi connectivity index (χ4n) is 4.76. The predicted octanol–water partition coefficient (Wildman–Crippen LogP) is 5.30. The molecule has 1 aliphatic rings. The van der Waals surface area contributed by atoms with Gasteiger partial charge in [-0.1, -0.05) is 96.2 Å². The summed E-state index contributed by atoms with van der Waals surface area (Å²) in [5.74, 6) is 0.487. The quantitative estimate of drug-likeness (QED) is 0.333. The van der Waals surface area contributed by atoms with Gasteiger partial charge in [-0.25, -0.2) is 9.67 Å². The lowest BCUT2D eigenvalue weighted by Gasteiger charge is -2.31. The zero-order chi connectivity index (χ0) is 24.2. The number of piperidine rings is 1. The number of hydrogen-bond donors (Lipinski definition) is 0. The van der Waals surface area contributed by atoms with Crippen LogP contribution in [0.15, 0.2) is 97.2 Å². The highest BCUT2D eigenvalue weighted by atomic mass is 15.4. The highest BCUT2D eigenvalue weighted by Crippen LogP contribution is 2.30. The van der Waals surface area contributed by atoms with Crippen molar-refractivity contribution in [2.75, 3.05) is 13.1 Å². The molecule has 0 aliphatic carbocycles. The summed E-state index contributed by atoms with van der Waals surface area (Å²) < 4.78 is 1.98. The molecule has 0 saturated carbocycles. The van der Waals surface area contributed by atoms with E-state index >= 15 is 0 Å². The summed E-state index contributed by atoms with van der Waals surface area (Å²) in [5.41, 5.74) is 5.52. The lowest BCUT2D eigenvalue weighted by molar-refractivity contribution is 0.172. The van der Waals surface area contributed by atoms with Gasteiger partial charge < -0.3 is 0 Å². The van der Waals surface area contributed by atoms with Gasteiger partial charge in [0.15, 0.2) is 5.69 Å². The Bertz CT molecular complexity index is 1410. The van der Waals surface area contributed by atoms with Crippen molar-refractivity contribution in [2.24, 2.45) is 0 Å². The average molecular weight is 474 g/mol. The van der Waals surface area contributed by atoms with Gasteiger partial charge in [-0.15, -0.1) is 15.3 Å². The molecule has 0 N–H and O–H groups in total. The first-order valence-electron chi connectivity index (χ1n) is 12.4. The van der Waals surface area contributed by atoms with E-state index in [1.807, 2.05) is 71.5 Å². The summed E-state index contributed by atoms with van der Waals surface area (Å²) in [4.78, 5) is 7.41. The van der Waals surface area contributed by atoms with Crippen LogP contribution in [0.3, 0.4) is 0 Å². The summed E-state index contributed by atoms with van der Waals surface area (Å²) in [6, 6.07) is 31.1. The van der Waals surface area contributed by atoms with Gasteiger partial charge >= 0.3 is 0 Å². The monoisotopic (exact) mass is 473 g/mol. The highest BCUT2D eigenvalue weighted by molar-refractivity contribution is 5.78. The Morgan fingerprint density at radius 3 is 1.94 bits per heavy atom. The van der Waals surface area contributed by atoms with Crippen LogP contribution in [0.25, 0.3) is 34.0 Å². The third-order valence-corrected chi connectivity index (χ3v) is 6.70. The molecule has 0 atom stereocenters. The molecule has 3 aromatic carbocycles. The molecule has 7 heteroatoms. The van der Waals surface area contributed by atoms with Crippen molar-refractivity contribution in [1.29, 1.82) is 0 Å². The molecule has 6 rings (SSSR count).